The molecule has 130 valence electrons. The summed E-state index contributed by atoms with van der Waals surface area (Å²) in [6.07, 6.45) is 0.396. The first-order chi connectivity index (χ1) is 12.6. The summed E-state index contributed by atoms with van der Waals surface area (Å²) >= 11 is 0. The highest BCUT2D eigenvalue weighted by molar-refractivity contribution is 5.95. The third kappa shape index (κ3) is 2.80. The maximum absolute atomic E-state index is 12.1. The molecule has 0 spiro atoms. The number of nitrogens with one attached hydrogen (secondary N) is 1. The number of nitro groups is 1. The predicted octanol–water partition coefficient (Wildman–Crippen LogP) is 3.19. The fraction of sp³-hybridized carbons (Fsp3) is 0.118. The molecule has 1 fully saturated rings. The Labute approximate surface area is 147 Å². The number of hydrogen-bond acceptors (Lipinski definition) is 8. The molecule has 4 rings (SSSR count). The van der Waals surface area contributed by atoms with Crippen LogP contribution in [0.4, 0.5) is 11.4 Å². The Kier molecular flexibility index (Phi) is 3.90. The molecule has 26 heavy (non-hydrogen) atoms. The van der Waals surface area contributed by atoms with Crippen LogP contribution in [-0.4, -0.2) is 10.9 Å². The first-order valence-corrected chi connectivity index (χ1v) is 7.84. The molecular formula is C17H13N5O4. The largest absolute Gasteiger partial charge is 0.378 e. The number of non-ortho nitro benzene ring substituents is 1. The van der Waals surface area contributed by atoms with E-state index in [2.05, 4.69) is 15.8 Å². The Morgan fingerprint density at radius 1 is 1.15 bits per heavy atom. The highest BCUT2D eigenvalue weighted by atomic mass is 16.7. The first-order valence-electron chi connectivity index (χ1n) is 7.84. The van der Waals surface area contributed by atoms with E-state index in [0.29, 0.717) is 12.1 Å². The Bertz CT molecular complexity index is 924. The van der Waals surface area contributed by atoms with E-state index in [-0.39, 0.29) is 17.4 Å². The maximum Gasteiger partial charge on any atom is 0.378 e. The molecule has 0 bridgehead atoms. The fourth-order valence-electron chi connectivity index (χ4n) is 2.83. The second kappa shape index (κ2) is 6.37. The monoisotopic (exact) mass is 351 g/mol. The number of anilines is 1. The van der Waals surface area contributed by atoms with Gasteiger partial charge in [0.15, 0.2) is 5.70 Å². The summed E-state index contributed by atoms with van der Waals surface area (Å²) in [6.45, 7) is 0. The van der Waals surface area contributed by atoms with E-state index in [9.17, 15) is 14.9 Å². The van der Waals surface area contributed by atoms with E-state index in [1.807, 2.05) is 30.3 Å². The number of azo groups is 1. The lowest BCUT2D eigenvalue weighted by molar-refractivity contribution is -0.384. The van der Waals surface area contributed by atoms with Gasteiger partial charge in [-0.1, -0.05) is 23.8 Å². The van der Waals surface area contributed by atoms with Gasteiger partial charge in [0.25, 0.3) is 5.69 Å². The van der Waals surface area contributed by atoms with Gasteiger partial charge >= 0.3 is 5.97 Å². The van der Waals surface area contributed by atoms with Gasteiger partial charge in [-0.15, -0.1) is 0 Å². The summed E-state index contributed by atoms with van der Waals surface area (Å²) in [5.74, 6) is -0.535. The Morgan fingerprint density at radius 3 is 2.58 bits per heavy atom. The summed E-state index contributed by atoms with van der Waals surface area (Å²) in [7, 11) is 0. The molecule has 2 aromatic rings. The van der Waals surface area contributed by atoms with Crippen LogP contribution in [0, 0.1) is 10.1 Å². The van der Waals surface area contributed by atoms with E-state index in [1.54, 1.807) is 12.1 Å². The van der Waals surface area contributed by atoms with Gasteiger partial charge in [0.05, 0.1) is 16.3 Å². The third-order valence-electron chi connectivity index (χ3n) is 4.13. The van der Waals surface area contributed by atoms with Gasteiger partial charge in [0.2, 0.25) is 0 Å². The standard InChI is InChI=1S/C17H13N5O4/c23-17-16(21(20-26-17)12-4-2-1-3-5-12)15-10-14(18-19-15)11-6-8-13(9-7-11)22(24)25/h1-9,14,20H,10H2. The van der Waals surface area contributed by atoms with Crippen LogP contribution in [-0.2, 0) is 9.63 Å². The van der Waals surface area contributed by atoms with Gasteiger partial charge in [0.1, 0.15) is 6.04 Å². The number of carbonyl (C=O) groups is 1. The number of nitrogens with zero attached hydrogens (tertiary/aromatic N) is 4. The summed E-state index contributed by atoms with van der Waals surface area (Å²) in [5.41, 5.74) is 4.89. The molecule has 2 aromatic carbocycles. The molecule has 2 heterocycles. The van der Waals surface area contributed by atoms with Crippen molar-refractivity contribution in [2.24, 2.45) is 10.2 Å². The highest BCUT2D eigenvalue weighted by Crippen LogP contribution is 2.37. The molecule has 9 nitrogen and oxygen atoms in total. The van der Waals surface area contributed by atoms with E-state index in [0.717, 1.165) is 11.3 Å². The van der Waals surface area contributed by atoms with Crippen molar-refractivity contribution in [1.29, 1.82) is 0 Å². The van der Waals surface area contributed by atoms with Crippen LogP contribution in [0.15, 0.2) is 76.2 Å². The number of benzene rings is 2. The zero-order valence-electron chi connectivity index (χ0n) is 13.4. The molecule has 2 aliphatic rings. The van der Waals surface area contributed by atoms with Crippen LogP contribution in [0.5, 0.6) is 0 Å². The van der Waals surface area contributed by atoms with Crippen molar-refractivity contribution in [3.63, 3.8) is 0 Å². The summed E-state index contributed by atoms with van der Waals surface area (Å²) < 4.78 is 0. The van der Waals surface area contributed by atoms with Crippen molar-refractivity contribution in [3.8, 4) is 0 Å². The van der Waals surface area contributed by atoms with Gasteiger partial charge in [-0.2, -0.15) is 10.2 Å². The van der Waals surface area contributed by atoms with Crippen LogP contribution < -0.4 is 10.6 Å². The Morgan fingerprint density at radius 2 is 1.88 bits per heavy atom. The van der Waals surface area contributed by atoms with Crippen molar-refractivity contribution in [2.75, 3.05) is 5.01 Å². The highest BCUT2D eigenvalue weighted by Gasteiger charge is 2.35. The lowest BCUT2D eigenvalue weighted by Crippen LogP contribution is -2.29. The molecule has 1 N–H and O–H groups in total. The number of para-hydroxylation sites is 1. The topological polar surface area (TPSA) is 109 Å². The average Bonchev–Trinajstić information content (AvgIpc) is 3.29. The van der Waals surface area contributed by atoms with Crippen LogP contribution in [0.1, 0.15) is 18.0 Å². The van der Waals surface area contributed by atoms with Crippen molar-refractivity contribution in [1.82, 2.24) is 5.59 Å². The molecule has 0 aromatic heterocycles. The second-order valence-electron chi connectivity index (χ2n) is 5.73. The van der Waals surface area contributed by atoms with E-state index in [1.165, 1.54) is 17.1 Å². The SMILES string of the molecule is O=C1ONN(c2ccccc2)C1=C1CC(c2ccc([N+](=O)[O-])cc2)N=N1. The summed E-state index contributed by atoms with van der Waals surface area (Å²) in [6, 6.07) is 15.1. The second-order valence-corrected chi connectivity index (χ2v) is 5.73. The van der Waals surface area contributed by atoms with Crippen molar-refractivity contribution in [2.45, 2.75) is 12.5 Å². The predicted molar refractivity (Wildman–Crippen MR) is 90.5 cm³/mol. The van der Waals surface area contributed by atoms with Crippen molar-refractivity contribution < 1.29 is 14.6 Å². The van der Waals surface area contributed by atoms with Crippen LogP contribution >= 0.6 is 0 Å². The van der Waals surface area contributed by atoms with E-state index >= 15 is 0 Å². The van der Waals surface area contributed by atoms with E-state index in [4.69, 9.17) is 4.84 Å². The molecule has 0 aliphatic carbocycles. The van der Waals surface area contributed by atoms with Gasteiger partial charge in [0, 0.05) is 18.6 Å². The normalized spacial score (nSPS) is 21.9. The van der Waals surface area contributed by atoms with Crippen LogP contribution in [0.3, 0.4) is 0 Å². The minimum Gasteiger partial charge on any atom is -0.345 e. The molecule has 1 atom stereocenters. The number of nitro benzene ring substituents is 1. The zero-order valence-corrected chi connectivity index (χ0v) is 13.4. The fourth-order valence-corrected chi connectivity index (χ4v) is 2.83. The van der Waals surface area contributed by atoms with Gasteiger partial charge in [-0.3, -0.25) is 10.1 Å². The van der Waals surface area contributed by atoms with E-state index < -0.39 is 10.9 Å². The minimum absolute atomic E-state index is 0.0149. The molecule has 2 aliphatic heterocycles. The van der Waals surface area contributed by atoms with Crippen LogP contribution in [0.25, 0.3) is 0 Å². The molecule has 9 heteroatoms. The van der Waals surface area contributed by atoms with Crippen molar-refractivity contribution in [3.05, 3.63) is 81.7 Å². The molecule has 0 saturated carbocycles. The van der Waals surface area contributed by atoms with Gasteiger partial charge in [-0.25, -0.2) is 9.80 Å². The quantitative estimate of drug-likeness (QED) is 0.517. The first kappa shape index (κ1) is 15.9. The molecular weight excluding hydrogens is 338 g/mol. The molecule has 0 radical (unpaired) electrons. The molecule has 0 amide bonds. The summed E-state index contributed by atoms with van der Waals surface area (Å²) in [4.78, 5) is 27.4. The Hall–Kier alpha value is -3.59. The zero-order chi connectivity index (χ0) is 18.1. The maximum atomic E-state index is 12.1. The van der Waals surface area contributed by atoms with Gasteiger partial charge in [-0.05, 0) is 29.8 Å². The van der Waals surface area contributed by atoms with Gasteiger partial charge < -0.3 is 4.84 Å². The lowest BCUT2D eigenvalue weighted by Gasteiger charge is -2.16. The summed E-state index contributed by atoms with van der Waals surface area (Å²) in [5, 5.41) is 20.6. The number of carbonyl (C=O) groups excluding carboxylic acids is 1. The molecule has 1 saturated heterocycles. The number of hydrogen-bond donors (Lipinski definition) is 1. The number of hydrazine groups is 1. The average molecular weight is 351 g/mol. The van der Waals surface area contributed by atoms with Crippen LogP contribution in [0.2, 0.25) is 0 Å². The van der Waals surface area contributed by atoms with Crippen molar-refractivity contribution >= 4 is 17.3 Å². The third-order valence-corrected chi connectivity index (χ3v) is 4.13. The molecule has 1 unspecified atom stereocenters. The lowest BCUT2D eigenvalue weighted by atomic mass is 10.0. The minimum atomic E-state index is -0.535. The Balaban J connectivity index is 1.61. The smallest absolute Gasteiger partial charge is 0.345 e. The number of rotatable bonds is 3.